The molecule has 1 aliphatic carbocycles. The molecule has 9 nitrogen and oxygen atoms in total. The van der Waals surface area contributed by atoms with E-state index in [9.17, 15) is 13.2 Å². The zero-order chi connectivity index (χ0) is 27.6. The molecule has 3 aromatic rings. The molecule has 11 heteroatoms. The average Bonchev–Trinajstić information content (AvgIpc) is 3.74. The molecule has 1 aliphatic heterocycles. The van der Waals surface area contributed by atoms with Crippen LogP contribution in [0.3, 0.4) is 0 Å². The van der Waals surface area contributed by atoms with Crippen molar-refractivity contribution in [2.24, 2.45) is 0 Å². The molecule has 2 heterocycles. The Morgan fingerprint density at radius 1 is 1.00 bits per heavy atom. The lowest BCUT2D eigenvalue weighted by molar-refractivity contribution is 0.271. The van der Waals surface area contributed by atoms with Crippen molar-refractivity contribution in [1.29, 1.82) is 0 Å². The van der Waals surface area contributed by atoms with Crippen LogP contribution in [0, 0.1) is 0 Å². The highest BCUT2D eigenvalue weighted by molar-refractivity contribution is 7.86. The van der Waals surface area contributed by atoms with Gasteiger partial charge in [0.1, 0.15) is 5.69 Å². The second-order valence-electron chi connectivity index (χ2n) is 9.97. The number of hydrogen-bond acceptors (Lipinski definition) is 6. The normalized spacial score (nSPS) is 17.4. The highest BCUT2D eigenvalue weighted by atomic mass is 35.5. The van der Waals surface area contributed by atoms with Gasteiger partial charge in [-0.3, -0.25) is 4.79 Å². The van der Waals surface area contributed by atoms with Crippen LogP contribution in [0.4, 0.5) is 5.69 Å². The van der Waals surface area contributed by atoms with Crippen molar-refractivity contribution in [3.63, 3.8) is 0 Å². The highest BCUT2D eigenvalue weighted by Gasteiger charge is 2.45. The molecule has 1 saturated heterocycles. The van der Waals surface area contributed by atoms with Crippen LogP contribution in [0.2, 0.25) is 5.02 Å². The minimum atomic E-state index is -3.53. The number of anilines is 1. The first-order chi connectivity index (χ1) is 18.8. The third-order valence-corrected chi connectivity index (χ3v) is 10.1. The third kappa shape index (κ3) is 5.56. The summed E-state index contributed by atoms with van der Waals surface area (Å²) >= 11 is 6.19. The molecule has 0 spiro atoms. The lowest BCUT2D eigenvalue weighted by Gasteiger charge is -2.37. The number of piperazine rings is 1. The molecule has 0 N–H and O–H groups in total. The van der Waals surface area contributed by atoms with Gasteiger partial charge in [0.05, 0.1) is 18.5 Å². The maximum absolute atomic E-state index is 13.8. The summed E-state index contributed by atoms with van der Waals surface area (Å²) in [7, 11) is -3.53. The fraction of sp³-hybridized carbons (Fsp3) is 0.429. The second-order valence-corrected chi connectivity index (χ2v) is 12.3. The number of aromatic nitrogens is 2. The molecule has 1 aromatic heterocycles. The summed E-state index contributed by atoms with van der Waals surface area (Å²) in [4.78, 5) is 15.8. The van der Waals surface area contributed by atoms with Crippen molar-refractivity contribution in [3.05, 3.63) is 81.7 Å². The number of ether oxygens (including phenoxy) is 1. The SMILES string of the molecule is CCN(CC)S(=O)(=O)N1CCN(c2cnn(-c3cccc(Cl)c3)c(=O)c2OCC2(c3ccccc3)CC2)CC1. The lowest BCUT2D eigenvalue weighted by atomic mass is 9.97. The Kier molecular flexibility index (Phi) is 8.00. The van der Waals surface area contributed by atoms with Crippen LogP contribution < -0.4 is 15.2 Å². The van der Waals surface area contributed by atoms with Gasteiger partial charge in [-0.25, -0.2) is 0 Å². The fourth-order valence-corrected chi connectivity index (χ4v) is 6.91. The summed E-state index contributed by atoms with van der Waals surface area (Å²) in [5, 5.41) is 4.95. The Balaban J connectivity index is 1.44. The summed E-state index contributed by atoms with van der Waals surface area (Å²) in [6, 6.07) is 17.2. The van der Waals surface area contributed by atoms with Crippen LogP contribution in [0.5, 0.6) is 5.75 Å². The Morgan fingerprint density at radius 3 is 2.31 bits per heavy atom. The zero-order valence-electron chi connectivity index (χ0n) is 22.3. The van der Waals surface area contributed by atoms with Gasteiger partial charge < -0.3 is 9.64 Å². The van der Waals surface area contributed by atoms with E-state index in [-0.39, 0.29) is 16.7 Å². The van der Waals surface area contributed by atoms with Gasteiger partial charge in [-0.1, -0.05) is 61.8 Å². The van der Waals surface area contributed by atoms with Crippen molar-refractivity contribution in [2.75, 3.05) is 50.8 Å². The van der Waals surface area contributed by atoms with Crippen LogP contribution >= 0.6 is 11.6 Å². The lowest BCUT2D eigenvalue weighted by Crippen LogP contribution is -2.53. The Labute approximate surface area is 234 Å². The number of nitrogens with zero attached hydrogens (tertiary/aromatic N) is 5. The molecule has 2 fully saturated rings. The quantitative estimate of drug-likeness (QED) is 0.369. The Hall–Kier alpha value is -2.92. The second kappa shape index (κ2) is 11.3. The molecule has 0 bridgehead atoms. The molecule has 0 amide bonds. The minimum absolute atomic E-state index is 0.119. The molecular weight excluding hydrogens is 538 g/mol. The van der Waals surface area contributed by atoms with Crippen molar-refractivity contribution >= 4 is 27.5 Å². The smallest absolute Gasteiger partial charge is 0.316 e. The van der Waals surface area contributed by atoms with Gasteiger partial charge >= 0.3 is 5.56 Å². The maximum atomic E-state index is 13.8. The largest absolute Gasteiger partial charge is 0.485 e. The standard InChI is InChI=1S/C28H34ClN5O4S/c1-3-32(4-2)39(36,37)33-17-15-31(16-18-33)25-20-30-34(24-12-8-11-23(29)19-24)27(35)26(25)38-21-28(13-14-28)22-9-6-5-7-10-22/h5-12,19-20H,3-4,13-18,21H2,1-2H3. The Bertz CT molecular complexity index is 1460. The predicted octanol–water partition coefficient (Wildman–Crippen LogP) is 3.71. The van der Waals surface area contributed by atoms with E-state index in [4.69, 9.17) is 16.3 Å². The first-order valence-corrected chi connectivity index (χ1v) is 15.1. The summed E-state index contributed by atoms with van der Waals surface area (Å²) in [5.74, 6) is 0.215. The number of halogens is 1. The topological polar surface area (TPSA) is 88.0 Å². The van der Waals surface area contributed by atoms with E-state index in [1.807, 2.05) is 36.9 Å². The summed E-state index contributed by atoms with van der Waals surface area (Å²) < 4.78 is 36.7. The molecule has 2 aromatic carbocycles. The number of rotatable bonds is 10. The van der Waals surface area contributed by atoms with Crippen molar-refractivity contribution in [2.45, 2.75) is 32.1 Å². The molecule has 1 saturated carbocycles. The van der Waals surface area contributed by atoms with Gasteiger partial charge in [0.15, 0.2) is 0 Å². The van der Waals surface area contributed by atoms with E-state index in [2.05, 4.69) is 17.2 Å². The Morgan fingerprint density at radius 2 is 1.69 bits per heavy atom. The third-order valence-electron chi connectivity index (χ3n) is 7.64. The van der Waals surface area contributed by atoms with Crippen LogP contribution in [-0.4, -0.2) is 72.7 Å². The molecule has 5 rings (SSSR count). The van der Waals surface area contributed by atoms with E-state index < -0.39 is 10.2 Å². The first-order valence-electron chi connectivity index (χ1n) is 13.4. The molecular formula is C28H34ClN5O4S. The van der Waals surface area contributed by atoms with Crippen LogP contribution in [-0.2, 0) is 15.6 Å². The van der Waals surface area contributed by atoms with Crippen molar-refractivity contribution in [3.8, 4) is 11.4 Å². The molecule has 2 aliphatic rings. The molecule has 0 radical (unpaired) electrons. The van der Waals surface area contributed by atoms with E-state index in [1.54, 1.807) is 30.5 Å². The van der Waals surface area contributed by atoms with Gasteiger partial charge in [-0.05, 0) is 36.6 Å². The van der Waals surface area contributed by atoms with Gasteiger partial charge in [-0.15, -0.1) is 0 Å². The number of hydrogen-bond donors (Lipinski definition) is 0. The van der Waals surface area contributed by atoms with Crippen LogP contribution in [0.25, 0.3) is 5.69 Å². The van der Waals surface area contributed by atoms with E-state index in [0.717, 1.165) is 12.8 Å². The van der Waals surface area contributed by atoms with Crippen LogP contribution in [0.15, 0.2) is 65.6 Å². The van der Waals surface area contributed by atoms with E-state index in [1.165, 1.54) is 18.9 Å². The number of benzene rings is 2. The van der Waals surface area contributed by atoms with Crippen molar-refractivity contribution in [1.82, 2.24) is 18.4 Å². The van der Waals surface area contributed by atoms with Gasteiger partial charge in [-0.2, -0.15) is 26.8 Å². The molecule has 208 valence electrons. The zero-order valence-corrected chi connectivity index (χ0v) is 23.9. The van der Waals surface area contributed by atoms with E-state index in [0.29, 0.717) is 62.3 Å². The summed E-state index contributed by atoms with van der Waals surface area (Å²) in [5.41, 5.74) is 1.82. The monoisotopic (exact) mass is 571 g/mol. The minimum Gasteiger partial charge on any atom is -0.485 e. The predicted molar refractivity (Wildman–Crippen MR) is 153 cm³/mol. The van der Waals surface area contributed by atoms with Gasteiger partial charge in [0.2, 0.25) is 5.75 Å². The first kappa shape index (κ1) is 27.6. The van der Waals surface area contributed by atoms with Gasteiger partial charge in [0.25, 0.3) is 10.2 Å². The fourth-order valence-electron chi connectivity index (χ4n) is 5.12. The highest BCUT2D eigenvalue weighted by Crippen LogP contribution is 2.48. The van der Waals surface area contributed by atoms with E-state index >= 15 is 0 Å². The molecule has 0 unspecified atom stereocenters. The van der Waals surface area contributed by atoms with Crippen molar-refractivity contribution < 1.29 is 13.2 Å². The van der Waals surface area contributed by atoms with Crippen LogP contribution in [0.1, 0.15) is 32.3 Å². The average molecular weight is 572 g/mol. The summed E-state index contributed by atoms with van der Waals surface area (Å²) in [6.07, 6.45) is 3.61. The van der Waals surface area contributed by atoms with Gasteiger partial charge in [0, 0.05) is 49.7 Å². The summed E-state index contributed by atoms with van der Waals surface area (Å²) in [6.45, 7) is 6.35. The maximum Gasteiger partial charge on any atom is 0.316 e. The molecule has 0 atom stereocenters. The molecule has 39 heavy (non-hydrogen) atoms.